The second kappa shape index (κ2) is 56.5. The normalized spacial score (nSPS) is 13.2. The van der Waals surface area contributed by atoms with Gasteiger partial charge in [0.15, 0.2) is 6.10 Å². The number of esters is 2. The summed E-state index contributed by atoms with van der Waals surface area (Å²) >= 11 is 0. The highest BCUT2D eigenvalue weighted by atomic mass is 31.2. The Balaban J connectivity index is 3.98. The van der Waals surface area contributed by atoms with E-state index in [4.69, 9.17) is 18.5 Å². The van der Waals surface area contributed by atoms with Gasteiger partial charge in [-0.3, -0.25) is 18.6 Å². The molecular weight excluding hydrogens is 942 g/mol. The molecule has 0 aliphatic rings. The molecule has 10 heteroatoms. The van der Waals surface area contributed by atoms with Crippen LogP contribution in [0.5, 0.6) is 0 Å². The fraction of sp³-hybridized carbons (Fsp3) is 0.938. The molecule has 0 aliphatic carbocycles. The molecule has 0 rings (SSSR count). The van der Waals surface area contributed by atoms with Crippen molar-refractivity contribution in [3.8, 4) is 0 Å². The molecule has 0 aromatic heterocycles. The zero-order chi connectivity index (χ0) is 54.2. The van der Waals surface area contributed by atoms with E-state index in [2.05, 4.69) is 26.0 Å². The number of quaternary nitrogens is 1. The molecule has 0 saturated heterocycles. The highest BCUT2D eigenvalue weighted by Gasteiger charge is 2.27. The van der Waals surface area contributed by atoms with Crippen LogP contribution in [0.15, 0.2) is 12.2 Å². The molecule has 9 nitrogen and oxygen atoms in total. The van der Waals surface area contributed by atoms with Gasteiger partial charge < -0.3 is 18.9 Å². The Morgan fingerprint density at radius 2 is 0.689 bits per heavy atom. The molecule has 0 aromatic carbocycles. The van der Waals surface area contributed by atoms with Gasteiger partial charge in [-0.05, 0) is 38.5 Å². The van der Waals surface area contributed by atoms with Gasteiger partial charge in [-0.1, -0.05) is 296 Å². The third-order valence-corrected chi connectivity index (χ3v) is 15.8. The van der Waals surface area contributed by atoms with E-state index in [1.54, 1.807) is 0 Å². The fourth-order valence-electron chi connectivity index (χ4n) is 9.78. The Kier molecular flexibility index (Phi) is 55.5. The van der Waals surface area contributed by atoms with Gasteiger partial charge in [-0.2, -0.15) is 0 Å². The van der Waals surface area contributed by atoms with Gasteiger partial charge >= 0.3 is 19.8 Å². The third kappa shape index (κ3) is 60.0. The molecule has 440 valence electrons. The number of rotatable bonds is 61. The number of ether oxygens (including phenoxy) is 2. The summed E-state index contributed by atoms with van der Waals surface area (Å²) in [7, 11) is 1.50. The monoisotopic (exact) mass is 1070 g/mol. The van der Waals surface area contributed by atoms with Crippen molar-refractivity contribution in [2.75, 3.05) is 47.5 Å². The lowest BCUT2D eigenvalue weighted by Gasteiger charge is -2.24. The van der Waals surface area contributed by atoms with E-state index < -0.39 is 26.5 Å². The minimum absolute atomic E-state index is 0.0351. The van der Waals surface area contributed by atoms with Crippen molar-refractivity contribution in [1.29, 1.82) is 0 Å². The molecule has 0 amide bonds. The summed E-state index contributed by atoms with van der Waals surface area (Å²) in [6.45, 7) is 4.50. The Morgan fingerprint density at radius 1 is 0.405 bits per heavy atom. The standard InChI is InChI=1S/C64H126NO8P/c1-6-8-10-12-14-16-18-20-22-24-26-27-28-29-30-31-32-33-34-35-36-37-39-40-42-44-46-48-50-52-54-56-63(66)70-60-62(61-72-74(68,69)71-59-58-65(3,4)5)73-64(67)57-55-53-51-49-47-45-43-41-38-25-23-21-19-17-15-13-11-9-7-2/h21,23,62H,6-20,22,24-61H2,1-5H3/p+1/b23-21-. The number of hydrogen-bond acceptors (Lipinski definition) is 7. The quantitative estimate of drug-likeness (QED) is 0.0211. The predicted octanol–water partition coefficient (Wildman–Crippen LogP) is 20.4. The number of phosphoric acid groups is 1. The summed E-state index contributed by atoms with van der Waals surface area (Å²) in [6, 6.07) is 0. The largest absolute Gasteiger partial charge is 0.472 e. The van der Waals surface area contributed by atoms with Crippen molar-refractivity contribution in [1.82, 2.24) is 0 Å². The van der Waals surface area contributed by atoms with Crippen LogP contribution in [0.4, 0.5) is 0 Å². The number of allylic oxidation sites excluding steroid dienone is 2. The first-order valence-electron chi connectivity index (χ1n) is 32.4. The highest BCUT2D eigenvalue weighted by Crippen LogP contribution is 2.43. The molecule has 2 unspecified atom stereocenters. The van der Waals surface area contributed by atoms with Crippen LogP contribution >= 0.6 is 7.82 Å². The van der Waals surface area contributed by atoms with E-state index in [0.717, 1.165) is 32.1 Å². The van der Waals surface area contributed by atoms with Crippen molar-refractivity contribution in [2.24, 2.45) is 0 Å². The van der Waals surface area contributed by atoms with E-state index in [1.807, 2.05) is 21.1 Å². The van der Waals surface area contributed by atoms with Crippen molar-refractivity contribution in [2.45, 2.75) is 341 Å². The number of unbranched alkanes of at least 4 members (excludes halogenated alkanes) is 45. The Bertz CT molecular complexity index is 1260. The van der Waals surface area contributed by atoms with Crippen LogP contribution in [-0.2, 0) is 32.7 Å². The predicted molar refractivity (Wildman–Crippen MR) is 317 cm³/mol. The number of nitrogens with zero attached hydrogens (tertiary/aromatic N) is 1. The molecule has 74 heavy (non-hydrogen) atoms. The number of carbonyl (C=O) groups is 2. The smallest absolute Gasteiger partial charge is 0.462 e. The van der Waals surface area contributed by atoms with Gasteiger partial charge in [0.1, 0.15) is 19.8 Å². The minimum Gasteiger partial charge on any atom is -0.462 e. The number of phosphoric ester groups is 1. The maximum atomic E-state index is 12.8. The minimum atomic E-state index is -4.38. The van der Waals surface area contributed by atoms with E-state index in [0.29, 0.717) is 23.9 Å². The van der Waals surface area contributed by atoms with E-state index in [9.17, 15) is 19.0 Å². The van der Waals surface area contributed by atoms with E-state index >= 15 is 0 Å². The summed E-state index contributed by atoms with van der Waals surface area (Å²) in [5, 5.41) is 0. The maximum Gasteiger partial charge on any atom is 0.472 e. The van der Waals surface area contributed by atoms with E-state index in [-0.39, 0.29) is 25.6 Å². The molecule has 2 atom stereocenters. The summed E-state index contributed by atoms with van der Waals surface area (Å²) in [5.74, 6) is -0.779. The molecule has 0 bridgehead atoms. The second-order valence-electron chi connectivity index (χ2n) is 23.5. The van der Waals surface area contributed by atoms with Crippen LogP contribution < -0.4 is 0 Å². The summed E-state index contributed by atoms with van der Waals surface area (Å²) < 4.78 is 34.6. The van der Waals surface area contributed by atoms with Gasteiger partial charge in [-0.25, -0.2) is 4.57 Å². The molecule has 0 spiro atoms. The first-order chi connectivity index (χ1) is 36.0. The highest BCUT2D eigenvalue weighted by molar-refractivity contribution is 7.47. The fourth-order valence-corrected chi connectivity index (χ4v) is 10.5. The molecule has 0 heterocycles. The van der Waals surface area contributed by atoms with Crippen LogP contribution in [0.1, 0.15) is 335 Å². The van der Waals surface area contributed by atoms with E-state index in [1.165, 1.54) is 270 Å². The van der Waals surface area contributed by atoms with Crippen LogP contribution in [0, 0.1) is 0 Å². The van der Waals surface area contributed by atoms with Crippen LogP contribution in [0.3, 0.4) is 0 Å². The van der Waals surface area contributed by atoms with Crippen molar-refractivity contribution < 1.29 is 42.1 Å². The van der Waals surface area contributed by atoms with Gasteiger partial charge in [0.25, 0.3) is 0 Å². The molecule has 0 aliphatic heterocycles. The maximum absolute atomic E-state index is 12.8. The molecular formula is C64H127NO8P+. The Labute approximate surface area is 460 Å². The zero-order valence-electron chi connectivity index (χ0n) is 50.1. The average Bonchev–Trinajstić information content (AvgIpc) is 3.36. The summed E-state index contributed by atoms with van der Waals surface area (Å²) in [4.78, 5) is 35.7. The van der Waals surface area contributed by atoms with Crippen LogP contribution in [0.2, 0.25) is 0 Å². The second-order valence-corrected chi connectivity index (χ2v) is 25.0. The molecule has 0 radical (unpaired) electrons. The van der Waals surface area contributed by atoms with Gasteiger partial charge in [-0.15, -0.1) is 0 Å². The van der Waals surface area contributed by atoms with Crippen molar-refractivity contribution >= 4 is 19.8 Å². The molecule has 0 fully saturated rings. The SMILES string of the molecule is CCCCCCCC/C=C\CCCCCCCCCCCC(=O)OC(COC(=O)CCCCCCCCCCCCCCCCCCCCCCCCCCCCCCCCC)COP(=O)(O)OCC[N+](C)(C)C. The van der Waals surface area contributed by atoms with Crippen LogP contribution in [0.25, 0.3) is 0 Å². The Hall–Kier alpha value is -1.25. The number of carbonyl (C=O) groups excluding carboxylic acids is 2. The van der Waals surface area contributed by atoms with Gasteiger partial charge in [0.05, 0.1) is 27.7 Å². The third-order valence-electron chi connectivity index (χ3n) is 14.8. The lowest BCUT2D eigenvalue weighted by molar-refractivity contribution is -0.870. The first kappa shape index (κ1) is 72.8. The van der Waals surface area contributed by atoms with Gasteiger partial charge in [0, 0.05) is 12.8 Å². The molecule has 0 aromatic rings. The zero-order valence-corrected chi connectivity index (χ0v) is 51.0. The number of hydrogen-bond donors (Lipinski definition) is 1. The van der Waals surface area contributed by atoms with Crippen molar-refractivity contribution in [3.63, 3.8) is 0 Å². The first-order valence-corrected chi connectivity index (χ1v) is 33.9. The van der Waals surface area contributed by atoms with Crippen molar-refractivity contribution in [3.05, 3.63) is 12.2 Å². The van der Waals surface area contributed by atoms with Gasteiger partial charge in [0.2, 0.25) is 0 Å². The Morgan fingerprint density at radius 3 is 1.00 bits per heavy atom. The lowest BCUT2D eigenvalue weighted by Crippen LogP contribution is -2.37. The van der Waals surface area contributed by atoms with Crippen LogP contribution in [-0.4, -0.2) is 74.9 Å². The number of likely N-dealkylation sites (N-methyl/N-ethyl adjacent to an activating group) is 1. The summed E-state index contributed by atoms with van der Waals surface area (Å²) in [6.07, 6.45) is 67.4. The average molecular weight is 1070 g/mol. The lowest BCUT2D eigenvalue weighted by atomic mass is 10.0. The molecule has 1 N–H and O–H groups in total. The topological polar surface area (TPSA) is 108 Å². The summed E-state index contributed by atoms with van der Waals surface area (Å²) in [5.41, 5.74) is 0. The molecule has 0 saturated carbocycles.